The van der Waals surface area contributed by atoms with E-state index in [0.29, 0.717) is 12.8 Å². The van der Waals surface area contributed by atoms with Gasteiger partial charge in [-0.25, -0.2) is 9.18 Å². The monoisotopic (exact) mass is 367 g/mol. The maximum Gasteiger partial charge on any atom is 0.329 e. The first-order chi connectivity index (χ1) is 11.9. The molecule has 2 amide bonds. The number of hydrogen-bond donors (Lipinski definition) is 0. The molecule has 0 N–H and O–H groups in total. The van der Waals surface area contributed by atoms with Crippen molar-refractivity contribution in [3.05, 3.63) is 34.6 Å². The van der Waals surface area contributed by atoms with Crippen LogP contribution in [0.15, 0.2) is 18.2 Å². The summed E-state index contributed by atoms with van der Waals surface area (Å²) in [5.41, 5.74) is 0.0671. The van der Waals surface area contributed by atoms with Gasteiger partial charge in [-0.3, -0.25) is 14.5 Å². The molecule has 1 aromatic rings. The lowest BCUT2D eigenvalue weighted by Gasteiger charge is -2.21. The number of amides is 2. The fourth-order valence-electron chi connectivity index (χ4n) is 3.61. The van der Waals surface area contributed by atoms with Gasteiger partial charge in [-0.15, -0.1) is 0 Å². The zero-order valence-electron chi connectivity index (χ0n) is 13.8. The SMILES string of the molecule is C[C@@H](C(=O)OCc1c(F)cccc1Cl)N1C(=O)[C@H]2CCCC[C@H]2C1=O. The Morgan fingerprint density at radius 1 is 1.28 bits per heavy atom. The van der Waals surface area contributed by atoms with Gasteiger partial charge in [-0.2, -0.15) is 0 Å². The van der Waals surface area contributed by atoms with Gasteiger partial charge in [0.1, 0.15) is 18.5 Å². The van der Waals surface area contributed by atoms with Crippen molar-refractivity contribution in [1.82, 2.24) is 4.90 Å². The van der Waals surface area contributed by atoms with Crippen LogP contribution in [0.25, 0.3) is 0 Å². The van der Waals surface area contributed by atoms with Gasteiger partial charge in [0.2, 0.25) is 11.8 Å². The number of likely N-dealkylation sites (tertiary alicyclic amines) is 1. The van der Waals surface area contributed by atoms with Gasteiger partial charge in [-0.1, -0.05) is 30.5 Å². The Morgan fingerprint density at radius 3 is 2.44 bits per heavy atom. The lowest BCUT2D eigenvalue weighted by atomic mass is 9.81. The summed E-state index contributed by atoms with van der Waals surface area (Å²) in [4.78, 5) is 38.3. The quantitative estimate of drug-likeness (QED) is 0.606. The Balaban J connectivity index is 1.68. The lowest BCUT2D eigenvalue weighted by Crippen LogP contribution is -2.44. The average Bonchev–Trinajstić information content (AvgIpc) is 2.85. The molecule has 1 saturated heterocycles. The van der Waals surface area contributed by atoms with Gasteiger partial charge < -0.3 is 4.74 Å². The normalized spacial score (nSPS) is 24.2. The van der Waals surface area contributed by atoms with Crippen molar-refractivity contribution in [2.75, 3.05) is 0 Å². The Morgan fingerprint density at radius 2 is 1.88 bits per heavy atom. The number of esters is 1. The number of carbonyl (C=O) groups excluding carboxylic acids is 3. The Hall–Kier alpha value is -1.95. The van der Waals surface area contributed by atoms with Crippen molar-refractivity contribution in [2.45, 2.75) is 45.3 Å². The van der Waals surface area contributed by atoms with Crippen LogP contribution in [0.3, 0.4) is 0 Å². The summed E-state index contributed by atoms with van der Waals surface area (Å²) in [7, 11) is 0. The number of halogens is 2. The van der Waals surface area contributed by atoms with Crippen LogP contribution in [0.1, 0.15) is 38.2 Å². The maximum atomic E-state index is 13.7. The Bertz CT molecular complexity index is 679. The van der Waals surface area contributed by atoms with Crippen LogP contribution in [0.4, 0.5) is 4.39 Å². The highest BCUT2D eigenvalue weighted by molar-refractivity contribution is 6.31. The second-order valence-corrected chi connectivity index (χ2v) is 6.94. The van der Waals surface area contributed by atoms with E-state index in [1.165, 1.54) is 25.1 Å². The van der Waals surface area contributed by atoms with Crippen molar-refractivity contribution in [3.8, 4) is 0 Å². The van der Waals surface area contributed by atoms with E-state index in [0.717, 1.165) is 17.7 Å². The first-order valence-electron chi connectivity index (χ1n) is 8.38. The Kier molecular flexibility index (Phi) is 5.08. The van der Waals surface area contributed by atoms with Crippen molar-refractivity contribution in [2.24, 2.45) is 11.8 Å². The fourth-order valence-corrected chi connectivity index (χ4v) is 3.83. The third-order valence-corrected chi connectivity index (χ3v) is 5.38. The number of nitrogens with zero attached hydrogens (tertiary/aromatic N) is 1. The highest BCUT2D eigenvalue weighted by Crippen LogP contribution is 2.39. The molecule has 3 atom stereocenters. The molecule has 0 bridgehead atoms. The van der Waals surface area contributed by atoms with Gasteiger partial charge in [-0.05, 0) is 31.9 Å². The van der Waals surface area contributed by atoms with Gasteiger partial charge >= 0.3 is 5.97 Å². The predicted molar refractivity (Wildman–Crippen MR) is 88.0 cm³/mol. The molecule has 5 nitrogen and oxygen atoms in total. The van der Waals surface area contributed by atoms with E-state index in [-0.39, 0.29) is 40.8 Å². The standard InChI is InChI=1S/C18H19ClFNO4/c1-10(18(24)25-9-13-14(19)7-4-8-15(13)20)21-16(22)11-5-2-3-6-12(11)17(21)23/h4,7-8,10-12H,2-3,5-6,9H2,1H3/t10-,11-,12+/m0/s1. The van der Waals surface area contributed by atoms with E-state index in [9.17, 15) is 18.8 Å². The number of fused-ring (bicyclic) bond motifs is 1. The van der Waals surface area contributed by atoms with Crippen LogP contribution in [-0.2, 0) is 25.7 Å². The van der Waals surface area contributed by atoms with Crippen molar-refractivity contribution < 1.29 is 23.5 Å². The van der Waals surface area contributed by atoms with Crippen molar-refractivity contribution >= 4 is 29.4 Å². The molecule has 1 aromatic carbocycles. The predicted octanol–water partition coefficient (Wildman–Crippen LogP) is 3.09. The topological polar surface area (TPSA) is 63.7 Å². The molecule has 0 unspecified atom stereocenters. The van der Waals surface area contributed by atoms with E-state index in [1.807, 2.05) is 0 Å². The first kappa shape index (κ1) is 17.9. The van der Waals surface area contributed by atoms with Crippen LogP contribution in [-0.4, -0.2) is 28.7 Å². The molecular weight excluding hydrogens is 349 g/mol. The highest BCUT2D eigenvalue weighted by Gasteiger charge is 2.51. The molecule has 2 aliphatic rings. The van der Waals surface area contributed by atoms with E-state index in [2.05, 4.69) is 0 Å². The molecule has 1 saturated carbocycles. The minimum atomic E-state index is -1.03. The van der Waals surface area contributed by atoms with E-state index in [1.54, 1.807) is 0 Å². The van der Waals surface area contributed by atoms with Crippen LogP contribution in [0, 0.1) is 17.7 Å². The smallest absolute Gasteiger partial charge is 0.329 e. The largest absolute Gasteiger partial charge is 0.459 e. The number of imide groups is 1. The Labute approximate surface area is 150 Å². The summed E-state index contributed by atoms with van der Waals surface area (Å²) in [5, 5.41) is 0.153. The molecule has 0 radical (unpaired) electrons. The first-order valence-corrected chi connectivity index (χ1v) is 8.76. The molecular formula is C18H19ClFNO4. The molecule has 3 rings (SSSR count). The molecule has 25 heavy (non-hydrogen) atoms. The molecule has 0 spiro atoms. The number of ether oxygens (including phenoxy) is 1. The summed E-state index contributed by atoms with van der Waals surface area (Å²) >= 11 is 5.90. The lowest BCUT2D eigenvalue weighted by molar-refractivity contribution is -0.159. The molecule has 1 aliphatic carbocycles. The van der Waals surface area contributed by atoms with Gasteiger partial charge in [0.25, 0.3) is 0 Å². The molecule has 0 aromatic heterocycles. The van der Waals surface area contributed by atoms with E-state index in [4.69, 9.17) is 16.3 Å². The molecule has 1 heterocycles. The van der Waals surface area contributed by atoms with E-state index < -0.39 is 17.8 Å². The van der Waals surface area contributed by atoms with Crippen molar-refractivity contribution in [3.63, 3.8) is 0 Å². The van der Waals surface area contributed by atoms with Crippen LogP contribution < -0.4 is 0 Å². The van der Waals surface area contributed by atoms with Gasteiger partial charge in [0.05, 0.1) is 16.9 Å². The highest BCUT2D eigenvalue weighted by atomic mass is 35.5. The zero-order valence-corrected chi connectivity index (χ0v) is 14.6. The molecule has 134 valence electrons. The average molecular weight is 368 g/mol. The van der Waals surface area contributed by atoms with Crippen molar-refractivity contribution in [1.29, 1.82) is 0 Å². The molecule has 2 fully saturated rings. The van der Waals surface area contributed by atoms with Gasteiger partial charge in [0.15, 0.2) is 0 Å². The number of benzene rings is 1. The van der Waals surface area contributed by atoms with Gasteiger partial charge in [0, 0.05) is 5.56 Å². The summed E-state index contributed by atoms with van der Waals surface area (Å²) < 4.78 is 18.8. The van der Waals surface area contributed by atoms with Crippen LogP contribution in [0.2, 0.25) is 5.02 Å². The summed E-state index contributed by atoms with van der Waals surface area (Å²) in [6, 6.07) is 3.14. The zero-order chi connectivity index (χ0) is 18.1. The third kappa shape index (κ3) is 3.27. The summed E-state index contributed by atoms with van der Waals surface area (Å²) in [5.74, 6) is -2.58. The third-order valence-electron chi connectivity index (χ3n) is 5.02. The minimum Gasteiger partial charge on any atom is -0.459 e. The number of carbonyl (C=O) groups is 3. The number of hydrogen-bond acceptors (Lipinski definition) is 4. The fraction of sp³-hybridized carbons (Fsp3) is 0.500. The second-order valence-electron chi connectivity index (χ2n) is 6.53. The van der Waals surface area contributed by atoms with E-state index >= 15 is 0 Å². The maximum absolute atomic E-state index is 13.7. The number of rotatable bonds is 4. The van der Waals surface area contributed by atoms with Crippen LogP contribution in [0.5, 0.6) is 0 Å². The second kappa shape index (κ2) is 7.12. The molecule has 7 heteroatoms. The molecule has 1 aliphatic heterocycles. The summed E-state index contributed by atoms with van der Waals surface area (Å²) in [6.45, 7) is 1.11. The summed E-state index contributed by atoms with van der Waals surface area (Å²) in [6.07, 6.45) is 3.19. The van der Waals surface area contributed by atoms with Crippen LogP contribution >= 0.6 is 11.6 Å². The minimum absolute atomic E-state index is 0.0671.